The molecule has 28 heavy (non-hydrogen) atoms. The maximum atomic E-state index is 9.29. The third-order valence-corrected chi connectivity index (χ3v) is 6.27. The molecule has 0 saturated carbocycles. The minimum atomic E-state index is -0.807. The summed E-state index contributed by atoms with van der Waals surface area (Å²) in [5, 5.41) is 12.8. The van der Waals surface area contributed by atoms with Crippen molar-refractivity contribution in [2.45, 2.75) is 50.3 Å². The van der Waals surface area contributed by atoms with Crippen molar-refractivity contribution in [2.24, 2.45) is 5.73 Å². The average molecular weight is 395 g/mol. The normalized spacial score (nSPS) is 14.4. The fourth-order valence-corrected chi connectivity index (χ4v) is 5.02. The van der Waals surface area contributed by atoms with E-state index in [0.717, 1.165) is 30.0 Å². The largest absolute Gasteiger partial charge is 0.379 e. The molecule has 0 radical (unpaired) electrons. The Morgan fingerprint density at radius 1 is 1.18 bits per heavy atom. The Bertz CT molecular complexity index is 1020. The molecule has 1 heterocycles. The Morgan fingerprint density at radius 2 is 2.00 bits per heavy atom. The van der Waals surface area contributed by atoms with Gasteiger partial charge in [-0.1, -0.05) is 31.2 Å². The van der Waals surface area contributed by atoms with Crippen LogP contribution in [0.1, 0.15) is 36.5 Å². The van der Waals surface area contributed by atoms with Gasteiger partial charge in [-0.2, -0.15) is 0 Å². The first-order valence-corrected chi connectivity index (χ1v) is 10.8. The quantitative estimate of drug-likeness (QED) is 0.335. The Balaban J connectivity index is 1.85. The lowest BCUT2D eigenvalue weighted by Crippen LogP contribution is -2.19. The standard InChI is InChI=1S/C22H26N4OS/c1-2-13-11-15-7-3-5-14-6-4-8-16(20(14)15)21(13)17-12-19(26-22(24)25-17)28-10-9-18(23)27/h4,6,8,11-12,18,27H,2-3,5,7,9-10,23H2,1H3,(H2,24,25,26). The number of nitrogen functional groups attached to an aromatic ring is 1. The van der Waals surface area contributed by atoms with Gasteiger partial charge in [0.1, 0.15) is 11.3 Å². The second kappa shape index (κ2) is 8.07. The number of benzene rings is 2. The summed E-state index contributed by atoms with van der Waals surface area (Å²) in [6.45, 7) is 2.19. The molecule has 1 atom stereocenters. The Hall–Kier alpha value is -2.15. The predicted molar refractivity (Wildman–Crippen MR) is 116 cm³/mol. The second-order valence-electron chi connectivity index (χ2n) is 7.27. The first kappa shape index (κ1) is 19.2. The van der Waals surface area contributed by atoms with Crippen LogP contribution in [0.25, 0.3) is 22.0 Å². The van der Waals surface area contributed by atoms with Crippen LogP contribution in [0.4, 0.5) is 5.95 Å². The monoisotopic (exact) mass is 394 g/mol. The number of rotatable bonds is 6. The maximum Gasteiger partial charge on any atom is 0.221 e. The van der Waals surface area contributed by atoms with Crippen LogP contribution in [0.2, 0.25) is 0 Å². The lowest BCUT2D eigenvalue weighted by molar-refractivity contribution is 0.179. The van der Waals surface area contributed by atoms with Crippen molar-refractivity contribution in [3.63, 3.8) is 0 Å². The summed E-state index contributed by atoms with van der Waals surface area (Å²) in [6, 6.07) is 11.0. The molecule has 0 fully saturated rings. The molecule has 0 amide bonds. The number of aliphatic hydroxyl groups excluding tert-OH is 1. The summed E-state index contributed by atoms with van der Waals surface area (Å²) in [5.41, 5.74) is 17.7. The fourth-order valence-electron chi connectivity index (χ4n) is 4.10. The SMILES string of the molecule is CCc1cc2c3c(cccc3c1-c1cc(SCCC(N)O)nc(N)n1)CCC2. The van der Waals surface area contributed by atoms with Crippen molar-refractivity contribution in [3.05, 3.63) is 47.0 Å². The van der Waals surface area contributed by atoms with E-state index >= 15 is 0 Å². The molecule has 3 aromatic rings. The highest BCUT2D eigenvalue weighted by Gasteiger charge is 2.19. The molecule has 0 spiro atoms. The van der Waals surface area contributed by atoms with E-state index in [4.69, 9.17) is 11.5 Å². The van der Waals surface area contributed by atoms with Gasteiger partial charge < -0.3 is 16.6 Å². The number of aryl methyl sites for hydroxylation is 3. The number of thioether (sulfide) groups is 1. The summed E-state index contributed by atoms with van der Waals surface area (Å²) in [6.07, 6.45) is 4.11. The molecule has 6 heteroatoms. The highest BCUT2D eigenvalue weighted by atomic mass is 32.2. The van der Waals surface area contributed by atoms with Gasteiger partial charge in [-0.15, -0.1) is 11.8 Å². The smallest absolute Gasteiger partial charge is 0.221 e. The molecule has 1 unspecified atom stereocenters. The zero-order chi connectivity index (χ0) is 19.7. The lowest BCUT2D eigenvalue weighted by Gasteiger charge is -2.22. The number of hydrogen-bond acceptors (Lipinski definition) is 6. The summed E-state index contributed by atoms with van der Waals surface area (Å²) >= 11 is 1.54. The van der Waals surface area contributed by atoms with Gasteiger partial charge in [0.2, 0.25) is 5.95 Å². The molecule has 4 rings (SSSR count). The van der Waals surface area contributed by atoms with Crippen molar-refractivity contribution < 1.29 is 5.11 Å². The van der Waals surface area contributed by atoms with E-state index in [0.29, 0.717) is 12.2 Å². The molecule has 0 bridgehead atoms. The van der Waals surface area contributed by atoms with E-state index in [2.05, 4.69) is 41.2 Å². The highest BCUT2D eigenvalue weighted by molar-refractivity contribution is 7.99. The molecular formula is C22H26N4OS. The maximum absolute atomic E-state index is 9.29. The van der Waals surface area contributed by atoms with E-state index in [1.54, 1.807) is 11.8 Å². The minimum Gasteiger partial charge on any atom is -0.379 e. The molecular weight excluding hydrogens is 368 g/mol. The molecule has 1 aliphatic rings. The van der Waals surface area contributed by atoms with Crippen LogP contribution in [-0.4, -0.2) is 27.1 Å². The van der Waals surface area contributed by atoms with E-state index < -0.39 is 6.23 Å². The summed E-state index contributed by atoms with van der Waals surface area (Å²) in [7, 11) is 0. The van der Waals surface area contributed by atoms with Gasteiger partial charge in [-0.25, -0.2) is 9.97 Å². The van der Waals surface area contributed by atoms with Crippen molar-refractivity contribution in [2.75, 3.05) is 11.5 Å². The Kier molecular flexibility index (Phi) is 5.53. The van der Waals surface area contributed by atoms with Crippen molar-refractivity contribution >= 4 is 28.5 Å². The Morgan fingerprint density at radius 3 is 2.79 bits per heavy atom. The summed E-state index contributed by atoms with van der Waals surface area (Å²) in [5.74, 6) is 0.953. The predicted octanol–water partition coefficient (Wildman–Crippen LogP) is 3.69. The summed E-state index contributed by atoms with van der Waals surface area (Å²) < 4.78 is 0. The van der Waals surface area contributed by atoms with E-state index in [1.807, 2.05) is 6.07 Å². The first-order chi connectivity index (χ1) is 13.6. The molecule has 0 saturated heterocycles. The van der Waals surface area contributed by atoms with Crippen molar-refractivity contribution in [3.8, 4) is 11.3 Å². The van der Waals surface area contributed by atoms with Gasteiger partial charge >= 0.3 is 0 Å². The average Bonchev–Trinajstić information content (AvgIpc) is 2.67. The molecule has 5 nitrogen and oxygen atoms in total. The van der Waals surface area contributed by atoms with Crippen LogP contribution in [0, 0.1) is 0 Å². The number of aromatic nitrogens is 2. The van der Waals surface area contributed by atoms with Crippen LogP contribution in [0.5, 0.6) is 0 Å². The zero-order valence-corrected chi connectivity index (χ0v) is 16.9. The van der Waals surface area contributed by atoms with Gasteiger partial charge in [-0.05, 0) is 65.6 Å². The van der Waals surface area contributed by atoms with E-state index in [-0.39, 0.29) is 5.95 Å². The molecule has 0 aliphatic heterocycles. The minimum absolute atomic E-state index is 0.274. The van der Waals surface area contributed by atoms with Crippen LogP contribution in [0.3, 0.4) is 0 Å². The van der Waals surface area contributed by atoms with Gasteiger partial charge in [-0.3, -0.25) is 0 Å². The number of nitrogens with zero attached hydrogens (tertiary/aromatic N) is 2. The van der Waals surface area contributed by atoms with E-state index in [9.17, 15) is 5.11 Å². The zero-order valence-electron chi connectivity index (χ0n) is 16.1. The molecule has 5 N–H and O–H groups in total. The first-order valence-electron chi connectivity index (χ1n) is 9.84. The van der Waals surface area contributed by atoms with Gasteiger partial charge in [0.25, 0.3) is 0 Å². The third-order valence-electron chi connectivity index (χ3n) is 5.32. The van der Waals surface area contributed by atoms with Crippen LogP contribution in [-0.2, 0) is 19.3 Å². The fraction of sp³-hybridized carbons (Fsp3) is 0.364. The van der Waals surface area contributed by atoms with Gasteiger partial charge in [0.15, 0.2) is 0 Å². The number of anilines is 1. The van der Waals surface area contributed by atoms with Crippen LogP contribution < -0.4 is 11.5 Å². The van der Waals surface area contributed by atoms with Crippen molar-refractivity contribution in [1.82, 2.24) is 9.97 Å². The second-order valence-corrected chi connectivity index (χ2v) is 8.39. The summed E-state index contributed by atoms with van der Waals surface area (Å²) in [4.78, 5) is 8.95. The molecule has 1 aromatic heterocycles. The van der Waals surface area contributed by atoms with Crippen molar-refractivity contribution in [1.29, 1.82) is 0 Å². The number of aliphatic hydroxyl groups is 1. The third kappa shape index (κ3) is 3.72. The Labute approximate surface area is 169 Å². The molecule has 1 aliphatic carbocycles. The number of nitrogens with two attached hydrogens (primary N) is 2. The van der Waals surface area contributed by atoms with Crippen LogP contribution >= 0.6 is 11.8 Å². The van der Waals surface area contributed by atoms with Gasteiger partial charge in [0.05, 0.1) is 5.69 Å². The number of hydrogen-bond donors (Lipinski definition) is 3. The lowest BCUT2D eigenvalue weighted by atomic mass is 9.83. The van der Waals surface area contributed by atoms with Crippen LogP contribution in [0.15, 0.2) is 35.4 Å². The highest BCUT2D eigenvalue weighted by Crippen LogP contribution is 2.39. The molecule has 146 valence electrons. The molecule has 2 aromatic carbocycles. The topological polar surface area (TPSA) is 98.0 Å². The van der Waals surface area contributed by atoms with E-state index in [1.165, 1.54) is 39.4 Å². The van der Waals surface area contributed by atoms with Gasteiger partial charge in [0, 0.05) is 11.3 Å².